The maximum Gasteiger partial charge on any atom is 0.418 e. The minimum absolute atomic E-state index is 0.102. The molecule has 1 aliphatic heterocycles. The van der Waals surface area contributed by atoms with E-state index in [9.17, 15) is 22.8 Å². The molecule has 1 atom stereocenters. The maximum absolute atomic E-state index is 13.0. The molecule has 0 bridgehead atoms. The van der Waals surface area contributed by atoms with E-state index in [1.54, 1.807) is 0 Å². The number of rotatable bonds is 4. The van der Waals surface area contributed by atoms with Crippen LogP contribution >= 0.6 is 11.8 Å². The average molecular weight is 397 g/mol. The number of halogens is 3. The largest absolute Gasteiger partial charge is 0.418 e. The Balaban J connectivity index is 1.78. The highest BCUT2D eigenvalue weighted by atomic mass is 32.2. The molecule has 27 heavy (non-hydrogen) atoms. The van der Waals surface area contributed by atoms with E-state index in [4.69, 9.17) is 0 Å². The van der Waals surface area contributed by atoms with Crippen LogP contribution in [0, 0.1) is 0 Å². The standard InChI is InChI=1S/C18H18F3N3O2S/c1-10(2)14-8-16(26)24-11(9-27-17(24)23-14)7-15(25)22-13-6-4-3-5-12(13)18(19,20)21/h3-6,8,10-11H,7,9H2,1-2H3,(H,22,25). The molecule has 1 aliphatic rings. The van der Waals surface area contributed by atoms with Crippen molar-refractivity contribution in [2.24, 2.45) is 0 Å². The fourth-order valence-corrected chi connectivity index (χ4v) is 4.03. The molecule has 144 valence electrons. The zero-order valence-corrected chi connectivity index (χ0v) is 15.5. The number of nitrogens with one attached hydrogen (secondary N) is 1. The Labute approximate surface area is 158 Å². The molecule has 0 aliphatic carbocycles. The summed E-state index contributed by atoms with van der Waals surface area (Å²) in [6.45, 7) is 3.86. The molecule has 5 nitrogen and oxygen atoms in total. The van der Waals surface area contributed by atoms with Gasteiger partial charge >= 0.3 is 6.18 Å². The van der Waals surface area contributed by atoms with Gasteiger partial charge in [-0.1, -0.05) is 37.7 Å². The molecule has 2 aromatic rings. The van der Waals surface area contributed by atoms with Crippen molar-refractivity contribution in [3.63, 3.8) is 0 Å². The highest BCUT2D eigenvalue weighted by molar-refractivity contribution is 7.99. The third-order valence-electron chi connectivity index (χ3n) is 4.23. The number of fused-ring (bicyclic) bond motifs is 1. The predicted octanol–water partition coefficient (Wildman–Crippen LogP) is 4.06. The molecule has 1 aromatic carbocycles. The Morgan fingerprint density at radius 2 is 2.07 bits per heavy atom. The molecule has 0 radical (unpaired) electrons. The zero-order chi connectivity index (χ0) is 19.8. The second kappa shape index (κ2) is 7.38. The number of nitrogens with zero attached hydrogens (tertiary/aromatic N) is 2. The summed E-state index contributed by atoms with van der Waals surface area (Å²) in [7, 11) is 0. The number of carbonyl (C=O) groups excluding carboxylic acids is 1. The highest BCUT2D eigenvalue weighted by Gasteiger charge is 2.34. The van der Waals surface area contributed by atoms with Gasteiger partial charge in [0.25, 0.3) is 5.56 Å². The van der Waals surface area contributed by atoms with Crippen LogP contribution in [-0.4, -0.2) is 21.2 Å². The molecule has 3 rings (SSSR count). The SMILES string of the molecule is CC(C)c1cc(=O)n2c(n1)SCC2CC(=O)Nc1ccccc1C(F)(F)F. The number of hydrogen-bond acceptors (Lipinski definition) is 4. The lowest BCUT2D eigenvalue weighted by atomic mass is 10.1. The van der Waals surface area contributed by atoms with Crippen molar-refractivity contribution < 1.29 is 18.0 Å². The molecule has 9 heteroatoms. The van der Waals surface area contributed by atoms with E-state index in [-0.39, 0.29) is 23.6 Å². The number of alkyl halides is 3. The molecule has 2 heterocycles. The quantitative estimate of drug-likeness (QED) is 0.791. The van der Waals surface area contributed by atoms with Gasteiger partial charge in [-0.15, -0.1) is 0 Å². The summed E-state index contributed by atoms with van der Waals surface area (Å²) in [6.07, 6.45) is -4.66. The summed E-state index contributed by atoms with van der Waals surface area (Å²) in [4.78, 5) is 29.2. The third kappa shape index (κ3) is 4.18. The second-order valence-corrected chi connectivity index (χ2v) is 7.57. The van der Waals surface area contributed by atoms with Crippen LogP contribution in [0.5, 0.6) is 0 Å². The molecular formula is C18H18F3N3O2S. The number of amides is 1. The molecule has 0 saturated heterocycles. The van der Waals surface area contributed by atoms with Gasteiger partial charge in [-0.05, 0) is 18.1 Å². The van der Waals surface area contributed by atoms with Crippen molar-refractivity contribution >= 4 is 23.4 Å². The first kappa shape index (κ1) is 19.5. The van der Waals surface area contributed by atoms with Crippen molar-refractivity contribution in [3.05, 3.63) is 51.9 Å². The summed E-state index contributed by atoms with van der Waals surface area (Å²) in [5, 5.41) is 2.86. The summed E-state index contributed by atoms with van der Waals surface area (Å²) in [5.74, 6) is -0.00611. The fourth-order valence-electron chi connectivity index (χ4n) is 2.87. The second-order valence-electron chi connectivity index (χ2n) is 6.59. The summed E-state index contributed by atoms with van der Waals surface area (Å²) in [6, 6.07) is 5.82. The van der Waals surface area contributed by atoms with Crippen LogP contribution in [0.15, 0.2) is 40.3 Å². The van der Waals surface area contributed by atoms with E-state index < -0.39 is 23.7 Å². The fraction of sp³-hybridized carbons (Fsp3) is 0.389. The van der Waals surface area contributed by atoms with Crippen molar-refractivity contribution in [2.75, 3.05) is 11.1 Å². The Bertz CT molecular complexity index is 925. The van der Waals surface area contributed by atoms with Crippen LogP contribution in [0.2, 0.25) is 0 Å². The summed E-state index contributed by atoms with van der Waals surface area (Å²) < 4.78 is 40.6. The zero-order valence-electron chi connectivity index (χ0n) is 14.7. The lowest BCUT2D eigenvalue weighted by Crippen LogP contribution is -2.28. The van der Waals surface area contributed by atoms with Crippen LogP contribution in [-0.2, 0) is 11.0 Å². The van der Waals surface area contributed by atoms with E-state index in [1.165, 1.54) is 40.6 Å². The van der Waals surface area contributed by atoms with Gasteiger partial charge in [0, 0.05) is 18.2 Å². The van der Waals surface area contributed by atoms with Gasteiger partial charge in [0.1, 0.15) is 0 Å². The minimum atomic E-state index is -4.56. The molecule has 0 spiro atoms. The normalized spacial score (nSPS) is 16.4. The molecule has 1 aromatic heterocycles. The lowest BCUT2D eigenvalue weighted by molar-refractivity contribution is -0.137. The molecule has 1 unspecified atom stereocenters. The summed E-state index contributed by atoms with van der Waals surface area (Å²) in [5.41, 5.74) is -0.758. The van der Waals surface area contributed by atoms with Gasteiger partial charge in [0.05, 0.1) is 23.0 Å². The van der Waals surface area contributed by atoms with Crippen LogP contribution < -0.4 is 10.9 Å². The number of aromatic nitrogens is 2. The Hall–Kier alpha value is -2.29. The van der Waals surface area contributed by atoms with E-state index >= 15 is 0 Å². The van der Waals surface area contributed by atoms with Crippen LogP contribution in [0.25, 0.3) is 0 Å². The Morgan fingerprint density at radius 3 is 2.74 bits per heavy atom. The summed E-state index contributed by atoms with van der Waals surface area (Å²) >= 11 is 1.37. The van der Waals surface area contributed by atoms with Gasteiger partial charge in [-0.2, -0.15) is 13.2 Å². The predicted molar refractivity (Wildman–Crippen MR) is 97.0 cm³/mol. The number of thioether (sulfide) groups is 1. The minimum Gasteiger partial charge on any atom is -0.325 e. The van der Waals surface area contributed by atoms with Crippen molar-refractivity contribution in [1.82, 2.24) is 9.55 Å². The van der Waals surface area contributed by atoms with Crippen LogP contribution in [0.1, 0.15) is 43.5 Å². The van der Waals surface area contributed by atoms with Crippen LogP contribution in [0.4, 0.5) is 18.9 Å². The smallest absolute Gasteiger partial charge is 0.325 e. The molecule has 1 amide bonds. The van der Waals surface area contributed by atoms with E-state index in [2.05, 4.69) is 10.3 Å². The lowest BCUT2D eigenvalue weighted by Gasteiger charge is -2.16. The first-order chi connectivity index (χ1) is 12.7. The number of para-hydroxylation sites is 1. The first-order valence-electron chi connectivity index (χ1n) is 8.39. The van der Waals surface area contributed by atoms with E-state index in [0.29, 0.717) is 16.6 Å². The first-order valence-corrected chi connectivity index (χ1v) is 9.37. The molecular weight excluding hydrogens is 379 g/mol. The van der Waals surface area contributed by atoms with Gasteiger partial charge in [-0.25, -0.2) is 4.98 Å². The van der Waals surface area contributed by atoms with Crippen molar-refractivity contribution in [2.45, 2.75) is 43.6 Å². The highest BCUT2D eigenvalue weighted by Crippen LogP contribution is 2.36. The monoisotopic (exact) mass is 397 g/mol. The van der Waals surface area contributed by atoms with Gasteiger partial charge in [0.2, 0.25) is 5.91 Å². The molecule has 1 N–H and O–H groups in total. The van der Waals surface area contributed by atoms with Crippen molar-refractivity contribution in [3.8, 4) is 0 Å². The van der Waals surface area contributed by atoms with Crippen molar-refractivity contribution in [1.29, 1.82) is 0 Å². The van der Waals surface area contributed by atoms with Gasteiger partial charge in [0.15, 0.2) is 5.16 Å². The Kier molecular flexibility index (Phi) is 5.32. The van der Waals surface area contributed by atoms with Crippen LogP contribution in [0.3, 0.4) is 0 Å². The third-order valence-corrected chi connectivity index (χ3v) is 5.33. The molecule has 0 saturated carbocycles. The molecule has 0 fully saturated rings. The number of anilines is 1. The Morgan fingerprint density at radius 1 is 1.37 bits per heavy atom. The average Bonchev–Trinajstić information content (AvgIpc) is 2.97. The van der Waals surface area contributed by atoms with E-state index in [1.807, 2.05) is 13.8 Å². The number of benzene rings is 1. The number of carbonyl (C=O) groups is 1. The number of hydrogen-bond donors (Lipinski definition) is 1. The maximum atomic E-state index is 13.0. The van der Waals surface area contributed by atoms with E-state index in [0.717, 1.165) is 6.07 Å². The van der Waals surface area contributed by atoms with Gasteiger partial charge < -0.3 is 5.32 Å². The topological polar surface area (TPSA) is 64.0 Å². The van der Waals surface area contributed by atoms with Gasteiger partial charge in [-0.3, -0.25) is 14.2 Å².